The van der Waals surface area contributed by atoms with E-state index in [1.54, 1.807) is 0 Å². The van der Waals surface area contributed by atoms with Gasteiger partial charge in [0, 0.05) is 0 Å². The molecule has 0 aromatic heterocycles. The number of hydrogen-bond acceptors (Lipinski definition) is 0. The van der Waals surface area contributed by atoms with Crippen LogP contribution in [0.4, 0.5) is 0 Å². The van der Waals surface area contributed by atoms with Gasteiger partial charge < -0.3 is 0 Å². The van der Waals surface area contributed by atoms with Gasteiger partial charge in [0.25, 0.3) is 0 Å². The molecule has 0 nitrogen and oxygen atoms in total. The second kappa shape index (κ2) is 14.7. The van der Waals surface area contributed by atoms with Crippen LogP contribution in [-0.4, -0.2) is 3.21 Å². The number of benzene rings is 2. The zero-order valence-electron chi connectivity index (χ0n) is 21.8. The van der Waals surface area contributed by atoms with Crippen LogP contribution in [0.3, 0.4) is 0 Å². The summed E-state index contributed by atoms with van der Waals surface area (Å²) in [6.07, 6.45) is 8.96. The molecule has 1 fully saturated rings. The number of halogens is 2. The summed E-state index contributed by atoms with van der Waals surface area (Å²) < 4.78 is 1.53. The number of fused-ring (bicyclic) bond motifs is 2. The fourth-order valence-corrected chi connectivity index (χ4v) is 8.85. The Morgan fingerprint density at radius 1 is 0.714 bits per heavy atom. The molecule has 2 unspecified atom stereocenters. The maximum atomic E-state index is 5.88. The summed E-state index contributed by atoms with van der Waals surface area (Å²) in [5.74, 6) is 1.36. The number of rotatable bonds is 4. The Morgan fingerprint density at radius 2 is 1.14 bits per heavy atom. The van der Waals surface area contributed by atoms with Gasteiger partial charge in [-0.1, -0.05) is 64.5 Å². The van der Waals surface area contributed by atoms with E-state index in [9.17, 15) is 0 Å². The molecule has 1 aliphatic carbocycles. The molecule has 188 valence electrons. The van der Waals surface area contributed by atoms with Gasteiger partial charge in [-0.25, -0.2) is 0 Å². The molecular weight excluding hydrogens is 546 g/mol. The summed E-state index contributed by atoms with van der Waals surface area (Å²) in [6.45, 7) is 9.07. The third kappa shape index (κ3) is 7.99. The molecule has 0 heterocycles. The number of hydrogen-bond donors (Lipinski definition) is 0. The van der Waals surface area contributed by atoms with E-state index in [0.29, 0.717) is 11.8 Å². The molecule has 0 radical (unpaired) electrons. The van der Waals surface area contributed by atoms with E-state index in [4.69, 9.17) is 17.0 Å². The maximum absolute atomic E-state index is 5.88. The first-order valence-electron chi connectivity index (χ1n) is 13.3. The molecule has 0 aliphatic heterocycles. The van der Waals surface area contributed by atoms with Crippen LogP contribution in [0.5, 0.6) is 0 Å². The van der Waals surface area contributed by atoms with E-state index in [2.05, 4.69) is 100 Å². The van der Waals surface area contributed by atoms with Crippen LogP contribution < -0.4 is 0 Å². The molecule has 3 heteroatoms. The van der Waals surface area contributed by atoms with Gasteiger partial charge in [-0.15, -0.1) is 82.2 Å². The Kier molecular flexibility index (Phi) is 12.0. The van der Waals surface area contributed by atoms with Gasteiger partial charge in [0.1, 0.15) is 0 Å². The summed E-state index contributed by atoms with van der Waals surface area (Å²) in [7, 11) is 11.8. The van der Waals surface area contributed by atoms with E-state index in [1.165, 1.54) is 80.8 Å². The molecular formula is C32H40Cl2Zr-2. The Labute approximate surface area is 227 Å². The summed E-state index contributed by atoms with van der Waals surface area (Å²) in [6, 6.07) is 26.2. The average molecular weight is 587 g/mol. The van der Waals surface area contributed by atoms with Crippen LogP contribution in [-0.2, 0) is 18.9 Å². The molecule has 35 heavy (non-hydrogen) atoms. The molecule has 0 bridgehead atoms. The van der Waals surface area contributed by atoms with Gasteiger partial charge in [-0.2, -0.15) is 11.1 Å². The molecule has 0 spiro atoms. The normalized spacial score (nSPS) is 15.1. The van der Waals surface area contributed by atoms with Gasteiger partial charge in [-0.3, -0.25) is 0 Å². The molecule has 0 N–H and O–H groups in total. The van der Waals surface area contributed by atoms with Gasteiger partial charge >= 0.3 is 71.2 Å². The van der Waals surface area contributed by atoms with Crippen molar-refractivity contribution in [2.24, 2.45) is 0 Å². The zero-order valence-corrected chi connectivity index (χ0v) is 25.8. The van der Waals surface area contributed by atoms with E-state index in [1.807, 2.05) is 0 Å². The zero-order chi connectivity index (χ0) is 25.2. The predicted molar refractivity (Wildman–Crippen MR) is 156 cm³/mol. The average Bonchev–Trinajstić information content (AvgIpc) is 3.54. The standard InChI is InChI=1S/2C13H15.C6H10.2ClH.Zr/c2*1-3-10(2)12-9-8-11-6-4-5-7-13(11)12;1-2-4-6-5-3-1;;;/h2*4-10H,3H2,1-2H3;1-5H2;2*1H;/q2*-1;;;;+2/p-2. The molecule has 0 amide bonds. The third-order valence-electron chi connectivity index (χ3n) is 7.44. The van der Waals surface area contributed by atoms with Crippen LogP contribution in [0.25, 0.3) is 21.5 Å². The van der Waals surface area contributed by atoms with Crippen molar-refractivity contribution in [1.82, 2.24) is 0 Å². The first-order chi connectivity index (χ1) is 17.0. The van der Waals surface area contributed by atoms with Crippen molar-refractivity contribution in [2.75, 3.05) is 0 Å². The first kappa shape index (κ1) is 28.6. The van der Waals surface area contributed by atoms with Crippen LogP contribution in [0.1, 0.15) is 95.6 Å². The fraction of sp³-hybridized carbons (Fsp3) is 0.406. The summed E-state index contributed by atoms with van der Waals surface area (Å²) >= 11 is -1.88. The molecule has 1 aliphatic rings. The molecule has 2 atom stereocenters. The monoisotopic (exact) mass is 584 g/mol. The van der Waals surface area contributed by atoms with Crippen molar-refractivity contribution in [3.8, 4) is 0 Å². The van der Waals surface area contributed by atoms with Crippen LogP contribution in [0.2, 0.25) is 0 Å². The van der Waals surface area contributed by atoms with Crippen LogP contribution in [0, 0.1) is 0 Å². The first-order valence-corrected chi connectivity index (χ1v) is 20.8. The van der Waals surface area contributed by atoms with Gasteiger partial charge in [0.05, 0.1) is 0 Å². The van der Waals surface area contributed by atoms with E-state index in [-0.39, 0.29) is 0 Å². The van der Waals surface area contributed by atoms with Crippen molar-refractivity contribution < 1.29 is 18.9 Å². The summed E-state index contributed by atoms with van der Waals surface area (Å²) in [4.78, 5) is 0. The fourth-order valence-electron chi connectivity index (χ4n) is 4.82. The second-order valence-corrected chi connectivity index (χ2v) is 18.4. The predicted octanol–water partition coefficient (Wildman–Crippen LogP) is 11.2. The molecule has 0 saturated heterocycles. The SMILES string of the molecule is CCC(C)c1c[cH-]c2ccccc12.CCC(C)c1c[cH-]c2ccccc12.[Cl][Zr]([Cl])=[C]1CCCCC1. The van der Waals surface area contributed by atoms with E-state index >= 15 is 0 Å². The third-order valence-corrected chi connectivity index (χ3v) is 13.1. The van der Waals surface area contributed by atoms with Crippen LogP contribution >= 0.6 is 17.0 Å². The second-order valence-electron chi connectivity index (χ2n) is 9.80. The van der Waals surface area contributed by atoms with E-state index < -0.39 is 18.9 Å². The molecule has 5 rings (SSSR count). The Hall–Kier alpha value is -1.01. The van der Waals surface area contributed by atoms with Gasteiger partial charge in [0.2, 0.25) is 0 Å². The molecule has 4 aromatic rings. The van der Waals surface area contributed by atoms with Gasteiger partial charge in [-0.05, 0) is 0 Å². The minimum absolute atomic E-state index is 0.680. The minimum atomic E-state index is -1.88. The van der Waals surface area contributed by atoms with E-state index in [0.717, 1.165) is 0 Å². The topological polar surface area (TPSA) is 0 Å². The molecule has 1 saturated carbocycles. The molecule has 4 aromatic carbocycles. The van der Waals surface area contributed by atoms with Crippen molar-refractivity contribution in [3.05, 3.63) is 83.9 Å². The Balaban J connectivity index is 0.000000150. The summed E-state index contributed by atoms with van der Waals surface area (Å²) in [5.41, 5.74) is 3.00. The van der Waals surface area contributed by atoms with Gasteiger partial charge in [0.15, 0.2) is 0 Å². The van der Waals surface area contributed by atoms with Crippen LogP contribution in [0.15, 0.2) is 72.8 Å². The van der Waals surface area contributed by atoms with Crippen molar-refractivity contribution in [2.45, 2.75) is 84.5 Å². The Morgan fingerprint density at radius 3 is 1.51 bits per heavy atom. The van der Waals surface area contributed by atoms with Crippen molar-refractivity contribution in [3.63, 3.8) is 0 Å². The van der Waals surface area contributed by atoms with Crippen molar-refractivity contribution >= 4 is 41.8 Å². The quantitative estimate of drug-likeness (QED) is 0.209. The summed E-state index contributed by atoms with van der Waals surface area (Å²) in [5, 5.41) is 5.60. The Bertz CT molecular complexity index is 1120. The van der Waals surface area contributed by atoms with Crippen molar-refractivity contribution in [1.29, 1.82) is 0 Å².